The summed E-state index contributed by atoms with van der Waals surface area (Å²) >= 11 is 5.35. The first kappa shape index (κ1) is 20.7. The summed E-state index contributed by atoms with van der Waals surface area (Å²) in [6, 6.07) is 0. The van der Waals surface area contributed by atoms with Crippen molar-refractivity contribution in [2.24, 2.45) is 0 Å². The maximum atomic E-state index is 5.68. The number of hydrogen-bond acceptors (Lipinski definition) is 6. The fourth-order valence-electron chi connectivity index (χ4n) is 1.37. The maximum Gasteiger partial charge on any atom is 0.380 e. The zero-order chi connectivity index (χ0) is 15.4. The van der Waals surface area contributed by atoms with E-state index in [0.717, 1.165) is 5.82 Å². The van der Waals surface area contributed by atoms with Crippen LogP contribution in [0.2, 0.25) is 0 Å². The molecule has 1 aromatic heterocycles. The molecule has 5 nitrogen and oxygen atoms in total. The van der Waals surface area contributed by atoms with Gasteiger partial charge in [0.15, 0.2) is 5.75 Å². The lowest BCUT2D eigenvalue weighted by atomic mass is 9.96. The minimum Gasteiger partial charge on any atom is -0.421 e. The second kappa shape index (κ2) is 8.34. The standard InChI is InChI=1S/C13H23N2O3PS.H4Si/c1-7-16-19(20,17-10(2)3)18-11-8-14-12(15-9-11)13(4,5)6;/h8-10H,7H2,1-6H3;1H4. The summed E-state index contributed by atoms with van der Waals surface area (Å²) < 4.78 is 16.8. The van der Waals surface area contributed by atoms with Crippen LogP contribution in [0.1, 0.15) is 47.4 Å². The van der Waals surface area contributed by atoms with E-state index in [1.807, 2.05) is 20.8 Å². The molecule has 21 heavy (non-hydrogen) atoms. The Morgan fingerprint density at radius 3 is 2.14 bits per heavy atom. The topological polar surface area (TPSA) is 53.5 Å². The van der Waals surface area contributed by atoms with E-state index in [1.54, 1.807) is 12.4 Å². The van der Waals surface area contributed by atoms with Gasteiger partial charge >= 0.3 is 6.72 Å². The molecule has 0 spiro atoms. The van der Waals surface area contributed by atoms with Gasteiger partial charge in [-0.25, -0.2) is 9.97 Å². The summed E-state index contributed by atoms with van der Waals surface area (Å²) in [6.45, 7) is 9.43. The van der Waals surface area contributed by atoms with Crippen molar-refractivity contribution in [3.05, 3.63) is 18.2 Å². The van der Waals surface area contributed by atoms with Crippen LogP contribution in [0.4, 0.5) is 0 Å². The number of nitrogens with zero attached hydrogens (tertiary/aromatic N) is 2. The van der Waals surface area contributed by atoms with Crippen LogP contribution in [-0.2, 0) is 26.3 Å². The Morgan fingerprint density at radius 1 is 1.24 bits per heavy atom. The van der Waals surface area contributed by atoms with E-state index < -0.39 is 6.72 Å². The normalized spacial score (nSPS) is 14.4. The van der Waals surface area contributed by atoms with Crippen LogP contribution in [0.3, 0.4) is 0 Å². The Bertz CT molecular complexity index is 477. The molecule has 122 valence electrons. The van der Waals surface area contributed by atoms with Crippen molar-refractivity contribution < 1.29 is 13.6 Å². The van der Waals surface area contributed by atoms with Gasteiger partial charge < -0.3 is 4.52 Å². The molecule has 1 aromatic rings. The summed E-state index contributed by atoms with van der Waals surface area (Å²) in [5.41, 5.74) is -0.104. The molecule has 0 radical (unpaired) electrons. The number of rotatable bonds is 6. The van der Waals surface area contributed by atoms with E-state index in [2.05, 4.69) is 30.7 Å². The molecular formula is C13H27N2O3PSSi. The van der Waals surface area contributed by atoms with Crippen molar-refractivity contribution in [2.45, 2.75) is 53.1 Å². The second-order valence-corrected chi connectivity index (χ2v) is 8.49. The van der Waals surface area contributed by atoms with Gasteiger partial charge in [-0.1, -0.05) is 20.8 Å². The van der Waals surface area contributed by atoms with Gasteiger partial charge in [0.1, 0.15) is 5.82 Å². The molecular weight excluding hydrogens is 323 g/mol. The predicted molar refractivity (Wildman–Crippen MR) is 94.8 cm³/mol. The average molecular weight is 350 g/mol. The molecule has 0 bridgehead atoms. The Kier molecular flexibility index (Phi) is 8.21. The van der Waals surface area contributed by atoms with Crippen molar-refractivity contribution in [1.82, 2.24) is 9.97 Å². The lowest BCUT2D eigenvalue weighted by Gasteiger charge is -2.23. The van der Waals surface area contributed by atoms with E-state index in [0.29, 0.717) is 12.4 Å². The van der Waals surface area contributed by atoms with Crippen LogP contribution in [0.5, 0.6) is 5.75 Å². The quantitative estimate of drug-likeness (QED) is 0.580. The molecule has 1 heterocycles. The van der Waals surface area contributed by atoms with Crippen molar-refractivity contribution in [3.8, 4) is 5.75 Å². The lowest BCUT2D eigenvalue weighted by Crippen LogP contribution is -2.15. The fourth-order valence-corrected chi connectivity index (χ4v) is 3.81. The third kappa shape index (κ3) is 6.97. The maximum absolute atomic E-state index is 5.68. The molecule has 0 aliphatic heterocycles. The molecule has 0 fully saturated rings. The molecule has 0 amide bonds. The number of hydrogen-bond donors (Lipinski definition) is 0. The van der Waals surface area contributed by atoms with Gasteiger partial charge in [0.05, 0.1) is 25.1 Å². The minimum atomic E-state index is -2.80. The van der Waals surface area contributed by atoms with Crippen molar-refractivity contribution in [1.29, 1.82) is 0 Å². The summed E-state index contributed by atoms with van der Waals surface area (Å²) in [5.74, 6) is 1.22. The van der Waals surface area contributed by atoms with Crippen LogP contribution < -0.4 is 4.52 Å². The Labute approximate surface area is 137 Å². The van der Waals surface area contributed by atoms with Gasteiger partial charge in [-0.3, -0.25) is 9.05 Å². The van der Waals surface area contributed by atoms with Crippen LogP contribution in [0.25, 0.3) is 0 Å². The zero-order valence-corrected chi connectivity index (χ0v) is 14.6. The van der Waals surface area contributed by atoms with E-state index in [9.17, 15) is 0 Å². The van der Waals surface area contributed by atoms with Crippen LogP contribution in [-0.4, -0.2) is 33.6 Å². The third-order valence-electron chi connectivity index (χ3n) is 2.14. The third-order valence-corrected chi connectivity index (χ3v) is 4.63. The van der Waals surface area contributed by atoms with E-state index in [4.69, 9.17) is 25.4 Å². The summed E-state index contributed by atoms with van der Waals surface area (Å²) in [4.78, 5) is 8.60. The highest BCUT2D eigenvalue weighted by molar-refractivity contribution is 8.07. The highest BCUT2D eigenvalue weighted by Gasteiger charge is 2.24. The Hall–Kier alpha value is -0.333. The molecule has 1 atom stereocenters. The van der Waals surface area contributed by atoms with E-state index in [-0.39, 0.29) is 22.5 Å². The van der Waals surface area contributed by atoms with Gasteiger partial charge in [0.2, 0.25) is 0 Å². The summed E-state index contributed by atoms with van der Waals surface area (Å²) in [6.07, 6.45) is 3.15. The van der Waals surface area contributed by atoms with E-state index in [1.165, 1.54) is 0 Å². The Morgan fingerprint density at radius 2 is 1.76 bits per heavy atom. The Balaban J connectivity index is 0.00000400. The van der Waals surface area contributed by atoms with Crippen LogP contribution >= 0.6 is 6.72 Å². The lowest BCUT2D eigenvalue weighted by molar-refractivity contribution is 0.171. The van der Waals surface area contributed by atoms with Gasteiger partial charge in [-0.15, -0.1) is 0 Å². The predicted octanol–water partition coefficient (Wildman–Crippen LogP) is 2.39. The average Bonchev–Trinajstić information content (AvgIpc) is 2.27. The van der Waals surface area contributed by atoms with E-state index >= 15 is 0 Å². The number of aromatic nitrogens is 2. The van der Waals surface area contributed by atoms with Crippen molar-refractivity contribution in [2.75, 3.05) is 6.61 Å². The summed E-state index contributed by atoms with van der Waals surface area (Å²) in [5, 5.41) is 0. The largest absolute Gasteiger partial charge is 0.421 e. The molecule has 0 aromatic carbocycles. The monoisotopic (exact) mass is 350 g/mol. The van der Waals surface area contributed by atoms with Gasteiger partial charge in [-0.2, -0.15) is 0 Å². The molecule has 8 heteroatoms. The van der Waals surface area contributed by atoms with Crippen molar-refractivity contribution in [3.63, 3.8) is 0 Å². The summed E-state index contributed by atoms with van der Waals surface area (Å²) in [7, 11) is 0. The molecule has 0 saturated heterocycles. The van der Waals surface area contributed by atoms with Gasteiger partial charge in [-0.05, 0) is 31.7 Å². The first-order valence-electron chi connectivity index (χ1n) is 6.61. The molecule has 0 aliphatic rings. The van der Waals surface area contributed by atoms with Gasteiger partial charge in [0.25, 0.3) is 0 Å². The molecule has 0 aliphatic carbocycles. The molecule has 1 rings (SSSR count). The van der Waals surface area contributed by atoms with Gasteiger partial charge in [0, 0.05) is 17.2 Å². The fraction of sp³-hybridized carbons (Fsp3) is 0.692. The molecule has 1 unspecified atom stereocenters. The molecule has 0 saturated carbocycles. The highest BCUT2D eigenvalue weighted by atomic mass is 32.5. The first-order chi connectivity index (χ1) is 9.16. The van der Waals surface area contributed by atoms with Crippen LogP contribution in [0.15, 0.2) is 12.4 Å². The molecule has 0 N–H and O–H groups in total. The smallest absolute Gasteiger partial charge is 0.380 e. The first-order valence-corrected chi connectivity index (χ1v) is 9.17. The minimum absolute atomic E-state index is 0. The zero-order valence-electron chi connectivity index (χ0n) is 12.9. The van der Waals surface area contributed by atoms with Crippen LogP contribution in [0, 0.1) is 0 Å². The highest BCUT2D eigenvalue weighted by Crippen LogP contribution is 2.50. The second-order valence-electron chi connectivity index (χ2n) is 5.60. The SMILES string of the molecule is CCOP(=S)(Oc1cnc(C(C)(C)C)nc1)OC(C)C.[SiH4]. The van der Waals surface area contributed by atoms with Crippen molar-refractivity contribution >= 4 is 29.5 Å².